The van der Waals surface area contributed by atoms with Crippen LogP contribution >= 0.6 is 0 Å². The van der Waals surface area contributed by atoms with Crippen molar-refractivity contribution in [3.8, 4) is 5.69 Å². The third-order valence-electron chi connectivity index (χ3n) is 4.81. The highest BCUT2D eigenvalue weighted by Gasteiger charge is 2.38. The largest absolute Gasteiger partial charge is 0.346 e. The summed E-state index contributed by atoms with van der Waals surface area (Å²) in [5, 5.41) is 14.9. The van der Waals surface area contributed by atoms with Gasteiger partial charge in [-0.25, -0.2) is 0 Å². The molecule has 2 aromatic rings. The van der Waals surface area contributed by atoms with Gasteiger partial charge in [0.15, 0.2) is 5.82 Å². The average Bonchev–Trinajstić information content (AvgIpc) is 3.05. The van der Waals surface area contributed by atoms with Crippen LogP contribution < -0.4 is 11.1 Å². The number of para-hydroxylation sites is 1. The zero-order chi connectivity index (χ0) is 17.2. The molecule has 1 amide bonds. The van der Waals surface area contributed by atoms with Crippen molar-refractivity contribution in [2.45, 2.75) is 51.1 Å². The van der Waals surface area contributed by atoms with E-state index in [-0.39, 0.29) is 17.9 Å². The smallest absolute Gasteiger partial charge is 0.225 e. The molecule has 1 aliphatic carbocycles. The van der Waals surface area contributed by atoms with Gasteiger partial charge in [-0.05, 0) is 49.2 Å². The Morgan fingerprint density at radius 1 is 1.38 bits per heavy atom. The summed E-state index contributed by atoms with van der Waals surface area (Å²) in [5.41, 5.74) is 6.74. The summed E-state index contributed by atoms with van der Waals surface area (Å²) < 4.78 is 1.65. The highest BCUT2D eigenvalue weighted by molar-refractivity contribution is 5.80. The summed E-state index contributed by atoms with van der Waals surface area (Å²) in [6.07, 6.45) is 3.83. The van der Waals surface area contributed by atoms with Gasteiger partial charge in [0.1, 0.15) is 0 Å². The Hall–Kier alpha value is -2.28. The number of amides is 1. The number of nitrogens with two attached hydrogens (primary N) is 1. The average molecular weight is 328 g/mol. The molecule has 3 N–H and O–H groups in total. The van der Waals surface area contributed by atoms with Gasteiger partial charge < -0.3 is 11.1 Å². The van der Waals surface area contributed by atoms with Gasteiger partial charge in [-0.1, -0.05) is 31.0 Å². The third kappa shape index (κ3) is 3.31. The van der Waals surface area contributed by atoms with Crippen LogP contribution in [-0.2, 0) is 4.79 Å². The summed E-state index contributed by atoms with van der Waals surface area (Å²) >= 11 is 0. The maximum Gasteiger partial charge on any atom is 0.225 e. The van der Waals surface area contributed by atoms with Crippen LogP contribution in [0.3, 0.4) is 0 Å². The van der Waals surface area contributed by atoms with Crippen LogP contribution in [0, 0.1) is 5.92 Å². The molecule has 7 nitrogen and oxygen atoms in total. The van der Waals surface area contributed by atoms with Gasteiger partial charge >= 0.3 is 0 Å². The van der Waals surface area contributed by atoms with E-state index < -0.39 is 5.54 Å². The lowest BCUT2D eigenvalue weighted by Gasteiger charge is -2.37. The van der Waals surface area contributed by atoms with Crippen molar-refractivity contribution >= 4 is 5.91 Å². The second-order valence-electron chi connectivity index (χ2n) is 6.82. The van der Waals surface area contributed by atoms with Crippen molar-refractivity contribution < 1.29 is 4.79 Å². The van der Waals surface area contributed by atoms with E-state index >= 15 is 0 Å². The first-order valence-corrected chi connectivity index (χ1v) is 8.42. The van der Waals surface area contributed by atoms with E-state index in [1.54, 1.807) is 4.68 Å². The van der Waals surface area contributed by atoms with Crippen LogP contribution in [0.5, 0.6) is 0 Å². The molecule has 0 saturated heterocycles. The minimum absolute atomic E-state index is 0.0187. The van der Waals surface area contributed by atoms with Gasteiger partial charge in [0.2, 0.25) is 5.91 Å². The van der Waals surface area contributed by atoms with Gasteiger partial charge in [0.25, 0.3) is 0 Å². The fourth-order valence-electron chi connectivity index (χ4n) is 3.38. The number of carbonyl (C=O) groups is 1. The maximum absolute atomic E-state index is 12.7. The number of nitrogens with one attached hydrogen (secondary N) is 1. The zero-order valence-electron chi connectivity index (χ0n) is 14.1. The lowest BCUT2D eigenvalue weighted by molar-refractivity contribution is -0.128. The summed E-state index contributed by atoms with van der Waals surface area (Å²) in [4.78, 5) is 12.7. The fraction of sp³-hybridized carbons (Fsp3) is 0.529. The van der Waals surface area contributed by atoms with Crippen LogP contribution in [0.15, 0.2) is 30.3 Å². The van der Waals surface area contributed by atoms with Crippen LogP contribution in [0.25, 0.3) is 5.69 Å². The van der Waals surface area contributed by atoms with Crippen molar-refractivity contribution in [3.05, 3.63) is 36.2 Å². The second kappa shape index (κ2) is 6.68. The molecule has 1 fully saturated rings. The molecule has 128 valence electrons. The van der Waals surface area contributed by atoms with Crippen molar-refractivity contribution in [3.63, 3.8) is 0 Å². The van der Waals surface area contributed by atoms with E-state index in [1.165, 1.54) is 0 Å². The van der Waals surface area contributed by atoms with Crippen molar-refractivity contribution in [1.29, 1.82) is 0 Å². The van der Waals surface area contributed by atoms with E-state index in [1.807, 2.05) is 44.2 Å². The van der Waals surface area contributed by atoms with Gasteiger partial charge in [0.05, 0.1) is 17.6 Å². The van der Waals surface area contributed by atoms with E-state index in [4.69, 9.17) is 5.73 Å². The van der Waals surface area contributed by atoms with Crippen molar-refractivity contribution in [1.82, 2.24) is 25.5 Å². The molecule has 0 aliphatic heterocycles. The van der Waals surface area contributed by atoms with Gasteiger partial charge in [-0.15, -0.1) is 5.10 Å². The van der Waals surface area contributed by atoms with Crippen molar-refractivity contribution in [2.75, 3.05) is 0 Å². The first-order valence-electron chi connectivity index (χ1n) is 8.42. The topological polar surface area (TPSA) is 98.7 Å². The monoisotopic (exact) mass is 328 g/mol. The van der Waals surface area contributed by atoms with E-state index in [2.05, 4.69) is 20.8 Å². The number of carbonyl (C=O) groups excluding carboxylic acids is 1. The molecule has 1 aromatic heterocycles. The number of nitrogens with zero attached hydrogens (tertiary/aromatic N) is 4. The van der Waals surface area contributed by atoms with Crippen molar-refractivity contribution in [2.24, 2.45) is 11.7 Å². The molecule has 7 heteroatoms. The Labute approximate surface area is 141 Å². The molecule has 1 aliphatic rings. The molecular formula is C17H24N6O. The van der Waals surface area contributed by atoms with E-state index in [9.17, 15) is 4.79 Å². The molecule has 24 heavy (non-hydrogen) atoms. The molecule has 3 rings (SSSR count). The molecule has 3 atom stereocenters. The Kier molecular flexibility index (Phi) is 4.62. The molecule has 3 unspecified atom stereocenters. The predicted octanol–water partition coefficient (Wildman–Crippen LogP) is 1.75. The fourth-order valence-corrected chi connectivity index (χ4v) is 3.38. The first-order chi connectivity index (χ1) is 11.5. The van der Waals surface area contributed by atoms with E-state index in [0.29, 0.717) is 5.82 Å². The van der Waals surface area contributed by atoms with Crippen LogP contribution in [0.4, 0.5) is 0 Å². The zero-order valence-corrected chi connectivity index (χ0v) is 14.1. The SMILES string of the molecule is CC(NC(=O)C1CCCCC1(C)N)c1nnnn1-c1ccccc1. The number of tetrazole rings is 1. The number of hydrogen-bond donors (Lipinski definition) is 2. The quantitative estimate of drug-likeness (QED) is 0.891. The number of rotatable bonds is 4. The third-order valence-corrected chi connectivity index (χ3v) is 4.81. The Balaban J connectivity index is 1.75. The minimum atomic E-state index is -0.451. The van der Waals surface area contributed by atoms with Crippen LogP contribution in [0.2, 0.25) is 0 Å². The standard InChI is InChI=1S/C17H24N6O/c1-12(19-16(24)14-10-6-7-11-17(14,2)18)15-20-21-22-23(15)13-8-4-3-5-9-13/h3-5,8-9,12,14H,6-7,10-11,18H2,1-2H3,(H,19,24). The van der Waals surface area contributed by atoms with Crippen LogP contribution in [-0.4, -0.2) is 31.7 Å². The normalized spacial score (nSPS) is 25.2. The summed E-state index contributed by atoms with van der Waals surface area (Å²) in [6.45, 7) is 3.86. The Morgan fingerprint density at radius 2 is 2.12 bits per heavy atom. The van der Waals surface area contributed by atoms with Crippen LogP contribution in [0.1, 0.15) is 51.4 Å². The molecule has 1 aromatic carbocycles. The highest BCUT2D eigenvalue weighted by Crippen LogP contribution is 2.32. The second-order valence-corrected chi connectivity index (χ2v) is 6.82. The molecule has 0 radical (unpaired) electrons. The maximum atomic E-state index is 12.7. The molecule has 1 heterocycles. The summed E-state index contributed by atoms with van der Waals surface area (Å²) in [5.74, 6) is 0.411. The molecule has 1 saturated carbocycles. The number of benzene rings is 1. The highest BCUT2D eigenvalue weighted by atomic mass is 16.2. The number of hydrogen-bond acceptors (Lipinski definition) is 5. The van der Waals surface area contributed by atoms with E-state index in [0.717, 1.165) is 31.4 Å². The first kappa shape index (κ1) is 16.6. The van der Waals surface area contributed by atoms with Gasteiger partial charge in [-0.2, -0.15) is 4.68 Å². The Morgan fingerprint density at radius 3 is 2.83 bits per heavy atom. The predicted molar refractivity (Wildman–Crippen MR) is 90.3 cm³/mol. The number of aromatic nitrogens is 4. The molecular weight excluding hydrogens is 304 g/mol. The summed E-state index contributed by atoms with van der Waals surface area (Å²) in [6, 6.07) is 9.33. The lowest BCUT2D eigenvalue weighted by Crippen LogP contribution is -2.53. The Bertz CT molecular complexity index is 696. The molecule has 0 spiro atoms. The van der Waals surface area contributed by atoms with Gasteiger partial charge in [-0.3, -0.25) is 4.79 Å². The lowest BCUT2D eigenvalue weighted by atomic mass is 9.74. The molecule has 0 bridgehead atoms. The summed E-state index contributed by atoms with van der Waals surface area (Å²) in [7, 11) is 0. The minimum Gasteiger partial charge on any atom is -0.346 e. The van der Waals surface area contributed by atoms with Gasteiger partial charge in [0, 0.05) is 5.54 Å².